The van der Waals surface area contributed by atoms with Crippen LogP contribution in [0.3, 0.4) is 0 Å². The first-order chi connectivity index (χ1) is 12.5. The lowest BCUT2D eigenvalue weighted by atomic mass is 9.82. The predicted octanol–water partition coefficient (Wildman–Crippen LogP) is 7.13. The lowest BCUT2D eigenvalue weighted by Crippen LogP contribution is -2.41. The van der Waals surface area contributed by atoms with Crippen molar-refractivity contribution in [1.29, 1.82) is 0 Å². The maximum atomic E-state index is 13.2. The molecule has 0 spiro atoms. The van der Waals surface area contributed by atoms with Gasteiger partial charge < -0.3 is 10.1 Å². The Morgan fingerprint density at radius 3 is 2.37 bits per heavy atom. The van der Waals surface area contributed by atoms with E-state index in [0.29, 0.717) is 18.2 Å². The van der Waals surface area contributed by atoms with Crippen LogP contribution in [0, 0.1) is 11.2 Å². The summed E-state index contributed by atoms with van der Waals surface area (Å²) in [6, 6.07) is 10.3. The van der Waals surface area contributed by atoms with Crippen LogP contribution in [0.2, 0.25) is 5.02 Å². The van der Waals surface area contributed by atoms with E-state index in [9.17, 15) is 4.39 Å². The van der Waals surface area contributed by atoms with Gasteiger partial charge in [0.25, 0.3) is 0 Å². The van der Waals surface area contributed by atoms with Crippen LogP contribution < -0.4 is 10.1 Å². The predicted molar refractivity (Wildman–Crippen MR) is 115 cm³/mol. The Labute approximate surface area is 175 Å². The molecule has 0 fully saturated rings. The van der Waals surface area contributed by atoms with Crippen molar-refractivity contribution in [1.82, 2.24) is 5.32 Å². The summed E-state index contributed by atoms with van der Waals surface area (Å²) in [4.78, 5) is 0. The first kappa shape index (κ1) is 22.2. The standard InChI is InChI=1S/C22H28BrClFNO/c1-21(2,3)14-22(4,5)26-12-16-10-17(23)7-9-20(16)27-13-15-6-8-18(25)11-19(15)24/h6-11,26H,12-14H2,1-5H3. The van der Waals surface area contributed by atoms with Crippen LogP contribution in [0.15, 0.2) is 40.9 Å². The molecular formula is C22H28BrClFNO. The monoisotopic (exact) mass is 455 g/mol. The summed E-state index contributed by atoms with van der Waals surface area (Å²) in [6.45, 7) is 12.2. The fraction of sp³-hybridized carbons (Fsp3) is 0.455. The summed E-state index contributed by atoms with van der Waals surface area (Å²) in [5, 5.41) is 4.01. The minimum atomic E-state index is -0.349. The third-order valence-corrected chi connectivity index (χ3v) is 5.00. The van der Waals surface area contributed by atoms with E-state index < -0.39 is 0 Å². The van der Waals surface area contributed by atoms with Gasteiger partial charge in [0.1, 0.15) is 18.2 Å². The molecule has 0 bridgehead atoms. The van der Waals surface area contributed by atoms with E-state index >= 15 is 0 Å². The van der Waals surface area contributed by atoms with Crippen LogP contribution in [0.1, 0.15) is 52.2 Å². The molecule has 0 radical (unpaired) electrons. The van der Waals surface area contributed by atoms with Crippen molar-refractivity contribution in [3.8, 4) is 5.75 Å². The van der Waals surface area contributed by atoms with E-state index in [1.54, 1.807) is 6.07 Å². The van der Waals surface area contributed by atoms with Crippen molar-refractivity contribution in [3.63, 3.8) is 0 Å². The molecule has 0 aliphatic carbocycles. The van der Waals surface area contributed by atoms with Crippen molar-refractivity contribution in [2.75, 3.05) is 0 Å². The number of ether oxygens (including phenoxy) is 1. The van der Waals surface area contributed by atoms with E-state index in [4.69, 9.17) is 16.3 Å². The molecule has 0 unspecified atom stereocenters. The first-order valence-electron chi connectivity index (χ1n) is 9.05. The molecule has 2 rings (SSSR count). The van der Waals surface area contributed by atoms with Crippen molar-refractivity contribution >= 4 is 27.5 Å². The third-order valence-electron chi connectivity index (χ3n) is 4.15. The number of halogens is 3. The van der Waals surface area contributed by atoms with Gasteiger partial charge in [-0.2, -0.15) is 0 Å². The van der Waals surface area contributed by atoms with Crippen LogP contribution in [0.25, 0.3) is 0 Å². The van der Waals surface area contributed by atoms with Crippen molar-refractivity contribution in [2.24, 2.45) is 5.41 Å². The molecule has 148 valence electrons. The largest absolute Gasteiger partial charge is 0.489 e. The van der Waals surface area contributed by atoms with E-state index in [0.717, 1.165) is 27.8 Å². The maximum Gasteiger partial charge on any atom is 0.124 e. The minimum Gasteiger partial charge on any atom is -0.489 e. The van der Waals surface area contributed by atoms with E-state index in [1.165, 1.54) is 12.1 Å². The molecule has 2 aromatic rings. The van der Waals surface area contributed by atoms with Crippen LogP contribution in [-0.4, -0.2) is 5.54 Å². The highest BCUT2D eigenvalue weighted by atomic mass is 79.9. The molecule has 5 heteroatoms. The Hall–Kier alpha value is -1.10. The summed E-state index contributed by atoms with van der Waals surface area (Å²) in [5.41, 5.74) is 2.06. The molecule has 27 heavy (non-hydrogen) atoms. The second-order valence-electron chi connectivity index (χ2n) is 8.75. The maximum absolute atomic E-state index is 13.2. The molecule has 0 aromatic heterocycles. The summed E-state index contributed by atoms with van der Waals surface area (Å²) in [7, 11) is 0. The summed E-state index contributed by atoms with van der Waals surface area (Å²) in [6.07, 6.45) is 1.05. The molecule has 2 nitrogen and oxygen atoms in total. The van der Waals surface area contributed by atoms with Gasteiger partial charge in [0.15, 0.2) is 0 Å². The first-order valence-corrected chi connectivity index (χ1v) is 10.2. The average molecular weight is 457 g/mol. The van der Waals surface area contributed by atoms with Gasteiger partial charge in [-0.25, -0.2) is 4.39 Å². The topological polar surface area (TPSA) is 21.3 Å². The zero-order valence-corrected chi connectivity index (χ0v) is 19.0. The normalized spacial score (nSPS) is 12.3. The molecule has 0 aliphatic rings. The smallest absolute Gasteiger partial charge is 0.124 e. The second kappa shape index (κ2) is 8.93. The van der Waals surface area contributed by atoms with Gasteiger partial charge in [-0.3, -0.25) is 0 Å². The second-order valence-corrected chi connectivity index (χ2v) is 10.1. The van der Waals surface area contributed by atoms with Crippen molar-refractivity contribution < 1.29 is 9.13 Å². The molecule has 0 amide bonds. The van der Waals surface area contributed by atoms with E-state index in [-0.39, 0.29) is 16.8 Å². The lowest BCUT2D eigenvalue weighted by Gasteiger charge is -2.33. The van der Waals surface area contributed by atoms with E-state index in [1.807, 2.05) is 12.1 Å². The Bertz CT molecular complexity index is 786. The fourth-order valence-electron chi connectivity index (χ4n) is 3.34. The molecule has 0 heterocycles. The summed E-state index contributed by atoms with van der Waals surface area (Å²) >= 11 is 9.64. The number of nitrogens with one attached hydrogen (secondary N) is 1. The fourth-order valence-corrected chi connectivity index (χ4v) is 3.97. The minimum absolute atomic E-state index is 0.00188. The quantitative estimate of drug-likeness (QED) is 0.478. The van der Waals surface area contributed by atoms with Crippen molar-refractivity contribution in [3.05, 3.63) is 62.8 Å². The van der Waals surface area contributed by atoms with Crippen LogP contribution in [0.5, 0.6) is 5.75 Å². The van der Waals surface area contributed by atoms with Gasteiger partial charge in [0, 0.05) is 27.7 Å². The van der Waals surface area contributed by atoms with Gasteiger partial charge in [-0.1, -0.05) is 54.4 Å². The Kier molecular flexibility index (Phi) is 7.34. The lowest BCUT2D eigenvalue weighted by molar-refractivity contribution is 0.238. The van der Waals surface area contributed by atoms with Crippen LogP contribution in [0.4, 0.5) is 4.39 Å². The Morgan fingerprint density at radius 2 is 1.74 bits per heavy atom. The number of hydrogen-bond acceptors (Lipinski definition) is 2. The average Bonchev–Trinajstić information content (AvgIpc) is 2.51. The highest BCUT2D eigenvalue weighted by molar-refractivity contribution is 9.10. The van der Waals surface area contributed by atoms with Crippen LogP contribution in [-0.2, 0) is 13.2 Å². The number of benzene rings is 2. The summed E-state index contributed by atoms with van der Waals surface area (Å²) in [5.74, 6) is 0.441. The van der Waals surface area contributed by atoms with Gasteiger partial charge in [-0.05, 0) is 56.0 Å². The number of hydrogen-bond donors (Lipinski definition) is 1. The molecule has 0 saturated heterocycles. The van der Waals surface area contributed by atoms with Gasteiger partial charge >= 0.3 is 0 Å². The molecule has 1 N–H and O–H groups in total. The van der Waals surface area contributed by atoms with Gasteiger partial charge in [-0.15, -0.1) is 0 Å². The van der Waals surface area contributed by atoms with Crippen LogP contribution >= 0.6 is 27.5 Å². The van der Waals surface area contributed by atoms with E-state index in [2.05, 4.69) is 61.9 Å². The van der Waals surface area contributed by atoms with Gasteiger partial charge in [0.05, 0.1) is 5.02 Å². The Morgan fingerprint density at radius 1 is 1.04 bits per heavy atom. The van der Waals surface area contributed by atoms with Crippen molar-refractivity contribution in [2.45, 2.75) is 59.7 Å². The van der Waals surface area contributed by atoms with Gasteiger partial charge in [0.2, 0.25) is 0 Å². The molecule has 0 saturated carbocycles. The zero-order chi connectivity index (χ0) is 20.2. The molecule has 0 atom stereocenters. The molecule has 0 aliphatic heterocycles. The Balaban J connectivity index is 2.10. The highest BCUT2D eigenvalue weighted by Crippen LogP contribution is 2.29. The molecular weight excluding hydrogens is 429 g/mol. The highest BCUT2D eigenvalue weighted by Gasteiger charge is 2.25. The molecule has 2 aromatic carbocycles. The summed E-state index contributed by atoms with van der Waals surface area (Å²) < 4.78 is 20.2. The number of rotatable bonds is 7. The third kappa shape index (κ3) is 7.44. The SMILES string of the molecule is CC(C)(C)CC(C)(C)NCc1cc(Br)ccc1OCc1ccc(F)cc1Cl. The zero-order valence-electron chi connectivity index (χ0n) is 16.6.